The van der Waals surface area contributed by atoms with Crippen LogP contribution in [0.25, 0.3) is 0 Å². The summed E-state index contributed by atoms with van der Waals surface area (Å²) in [6, 6.07) is 3.85. The number of rotatable bonds is 3. The van der Waals surface area contributed by atoms with Gasteiger partial charge >= 0.3 is 12.2 Å². The van der Waals surface area contributed by atoms with Crippen LogP contribution in [0.4, 0.5) is 18.0 Å². The summed E-state index contributed by atoms with van der Waals surface area (Å²) in [5.74, 6) is 0.0827. The summed E-state index contributed by atoms with van der Waals surface area (Å²) < 4.78 is 66.2. The van der Waals surface area contributed by atoms with Crippen LogP contribution in [0.15, 0.2) is 29.2 Å². The molecule has 0 radical (unpaired) electrons. The third-order valence-corrected chi connectivity index (χ3v) is 8.57. The predicted molar refractivity (Wildman–Crippen MR) is 104 cm³/mol. The summed E-state index contributed by atoms with van der Waals surface area (Å²) in [6.07, 6.45) is -1.06. The van der Waals surface area contributed by atoms with E-state index in [-0.39, 0.29) is 47.9 Å². The van der Waals surface area contributed by atoms with Gasteiger partial charge in [0, 0.05) is 31.7 Å². The van der Waals surface area contributed by atoms with Gasteiger partial charge in [-0.1, -0.05) is 6.07 Å². The number of sulfonamides is 1. The van der Waals surface area contributed by atoms with Gasteiger partial charge in [0.25, 0.3) is 0 Å². The summed E-state index contributed by atoms with van der Waals surface area (Å²) in [6.45, 7) is 3.23. The number of hydrogen-bond acceptors (Lipinski definition) is 3. The molecule has 1 saturated carbocycles. The van der Waals surface area contributed by atoms with Gasteiger partial charge in [-0.2, -0.15) is 17.5 Å². The zero-order valence-corrected chi connectivity index (χ0v) is 17.5. The zero-order chi connectivity index (χ0) is 21.7. The van der Waals surface area contributed by atoms with Crippen molar-refractivity contribution in [1.29, 1.82) is 0 Å². The Balaban J connectivity index is 1.46. The van der Waals surface area contributed by atoms with Crippen LogP contribution in [0.3, 0.4) is 0 Å². The molecule has 0 bridgehead atoms. The average molecular weight is 446 g/mol. The number of halogens is 3. The maximum absolute atomic E-state index is 13.0. The van der Waals surface area contributed by atoms with Gasteiger partial charge in [0.05, 0.1) is 10.5 Å². The highest BCUT2D eigenvalue weighted by atomic mass is 32.2. The number of carbonyl (C=O) groups excluding carboxylic acids is 1. The molecule has 2 aliphatic heterocycles. The normalized spacial score (nSPS) is 29.9. The SMILES string of the molecule is C[C@@H]1CCCN1C(=O)N[C@H]1CC[C@@H]2CN(S(=O)(=O)c3cccc(C(F)(F)F)c3)C[C@@H]21. The van der Waals surface area contributed by atoms with Crippen molar-refractivity contribution in [2.75, 3.05) is 19.6 Å². The van der Waals surface area contributed by atoms with Crippen LogP contribution in [-0.2, 0) is 16.2 Å². The average Bonchev–Trinajstić information content (AvgIpc) is 3.38. The van der Waals surface area contributed by atoms with Crippen LogP contribution in [-0.4, -0.2) is 55.4 Å². The Kier molecular flexibility index (Phi) is 5.50. The summed E-state index contributed by atoms with van der Waals surface area (Å²) in [4.78, 5) is 14.1. The molecule has 0 spiro atoms. The van der Waals surface area contributed by atoms with Crippen molar-refractivity contribution in [3.8, 4) is 0 Å². The number of amides is 2. The molecule has 0 unspecified atom stereocenters. The number of nitrogens with one attached hydrogen (secondary N) is 1. The summed E-state index contributed by atoms with van der Waals surface area (Å²) in [7, 11) is -4.03. The van der Waals surface area contributed by atoms with Crippen molar-refractivity contribution >= 4 is 16.1 Å². The molecule has 6 nitrogen and oxygen atoms in total. The summed E-state index contributed by atoms with van der Waals surface area (Å²) >= 11 is 0. The Hall–Kier alpha value is -1.81. The highest BCUT2D eigenvalue weighted by Gasteiger charge is 2.47. The first-order valence-corrected chi connectivity index (χ1v) is 11.8. The Bertz CT molecular complexity index is 921. The Morgan fingerprint density at radius 2 is 1.93 bits per heavy atom. The van der Waals surface area contributed by atoms with E-state index in [2.05, 4.69) is 5.32 Å². The lowest BCUT2D eigenvalue weighted by Crippen LogP contribution is -2.48. The smallest absolute Gasteiger partial charge is 0.335 e. The van der Waals surface area contributed by atoms with E-state index >= 15 is 0 Å². The maximum Gasteiger partial charge on any atom is 0.416 e. The van der Waals surface area contributed by atoms with E-state index in [1.165, 1.54) is 10.4 Å². The fourth-order valence-electron chi connectivity index (χ4n) is 5.06. The topological polar surface area (TPSA) is 69.7 Å². The molecule has 1 aromatic rings. The standard InChI is InChI=1S/C20H26F3N3O3S/c1-13-4-3-9-26(13)19(27)24-18-8-7-14-11-25(12-17(14)18)30(28,29)16-6-2-5-15(10-16)20(21,22)23/h2,5-6,10,13-14,17-18H,3-4,7-9,11-12H2,1H3,(H,24,27)/t13-,14-,17+,18+/m1/s1. The minimum absolute atomic E-state index is 0.0209. The molecule has 2 heterocycles. The predicted octanol–water partition coefficient (Wildman–Crippen LogP) is 3.30. The van der Waals surface area contributed by atoms with E-state index in [4.69, 9.17) is 0 Å². The first-order chi connectivity index (χ1) is 14.1. The number of benzene rings is 1. The number of carbonyl (C=O) groups is 1. The van der Waals surface area contributed by atoms with E-state index in [9.17, 15) is 26.4 Å². The molecule has 4 rings (SSSR count). The second-order valence-electron chi connectivity index (χ2n) is 8.59. The molecule has 4 atom stereocenters. The minimum atomic E-state index is -4.60. The van der Waals surface area contributed by atoms with Crippen LogP contribution in [0.5, 0.6) is 0 Å². The van der Waals surface area contributed by atoms with Crippen LogP contribution in [0.2, 0.25) is 0 Å². The second kappa shape index (κ2) is 7.71. The van der Waals surface area contributed by atoms with Gasteiger partial charge in [0.1, 0.15) is 0 Å². The van der Waals surface area contributed by atoms with E-state index < -0.39 is 21.8 Å². The largest absolute Gasteiger partial charge is 0.416 e. The van der Waals surface area contributed by atoms with Crippen molar-refractivity contribution < 1.29 is 26.4 Å². The highest BCUT2D eigenvalue weighted by Crippen LogP contribution is 2.41. The number of fused-ring (bicyclic) bond motifs is 1. The van der Waals surface area contributed by atoms with Gasteiger partial charge in [-0.3, -0.25) is 0 Å². The van der Waals surface area contributed by atoms with Crippen molar-refractivity contribution in [2.24, 2.45) is 11.8 Å². The third-order valence-electron chi connectivity index (χ3n) is 6.75. The molecule has 166 valence electrons. The van der Waals surface area contributed by atoms with Gasteiger partial charge in [0.15, 0.2) is 0 Å². The molecule has 2 saturated heterocycles. The molecule has 1 N–H and O–H groups in total. The van der Waals surface area contributed by atoms with Crippen LogP contribution in [0, 0.1) is 11.8 Å². The molecule has 3 fully saturated rings. The van der Waals surface area contributed by atoms with Gasteiger partial charge in [0.2, 0.25) is 10.0 Å². The lowest BCUT2D eigenvalue weighted by molar-refractivity contribution is -0.137. The van der Waals surface area contributed by atoms with Crippen LogP contribution < -0.4 is 5.32 Å². The van der Waals surface area contributed by atoms with E-state index in [1.54, 1.807) is 0 Å². The first-order valence-electron chi connectivity index (χ1n) is 10.3. The molecule has 30 heavy (non-hydrogen) atoms. The quantitative estimate of drug-likeness (QED) is 0.776. The number of hydrogen-bond donors (Lipinski definition) is 1. The van der Waals surface area contributed by atoms with E-state index in [0.717, 1.165) is 44.4 Å². The lowest BCUT2D eigenvalue weighted by Gasteiger charge is -2.27. The summed E-state index contributed by atoms with van der Waals surface area (Å²) in [5.41, 5.74) is -0.979. The molecule has 1 aliphatic carbocycles. The Morgan fingerprint density at radius 3 is 2.60 bits per heavy atom. The third kappa shape index (κ3) is 3.91. The molecular weight excluding hydrogens is 419 g/mol. The van der Waals surface area contributed by atoms with Crippen molar-refractivity contribution in [3.05, 3.63) is 29.8 Å². The zero-order valence-electron chi connectivity index (χ0n) is 16.7. The molecule has 1 aromatic carbocycles. The Labute approximate surface area is 174 Å². The van der Waals surface area contributed by atoms with E-state index in [0.29, 0.717) is 6.07 Å². The number of nitrogens with zero attached hydrogens (tertiary/aromatic N) is 2. The van der Waals surface area contributed by atoms with Crippen LogP contribution >= 0.6 is 0 Å². The fraction of sp³-hybridized carbons (Fsp3) is 0.650. The van der Waals surface area contributed by atoms with Gasteiger partial charge < -0.3 is 10.2 Å². The summed E-state index contributed by atoms with van der Waals surface area (Å²) in [5, 5.41) is 3.08. The van der Waals surface area contributed by atoms with Crippen LogP contribution in [0.1, 0.15) is 38.2 Å². The van der Waals surface area contributed by atoms with Crippen molar-refractivity contribution in [1.82, 2.24) is 14.5 Å². The van der Waals surface area contributed by atoms with Gasteiger partial charge in [-0.15, -0.1) is 0 Å². The molecule has 2 amide bonds. The van der Waals surface area contributed by atoms with Gasteiger partial charge in [-0.25, -0.2) is 13.2 Å². The molecule has 0 aromatic heterocycles. The van der Waals surface area contributed by atoms with Gasteiger partial charge in [-0.05, 0) is 62.6 Å². The van der Waals surface area contributed by atoms with Crippen molar-refractivity contribution in [2.45, 2.75) is 55.8 Å². The first kappa shape index (κ1) is 21.4. The number of urea groups is 1. The number of likely N-dealkylation sites (tertiary alicyclic amines) is 1. The van der Waals surface area contributed by atoms with Crippen molar-refractivity contribution in [3.63, 3.8) is 0 Å². The van der Waals surface area contributed by atoms with E-state index in [1.807, 2.05) is 11.8 Å². The molecule has 10 heteroatoms. The monoisotopic (exact) mass is 445 g/mol. The minimum Gasteiger partial charge on any atom is -0.335 e. The highest BCUT2D eigenvalue weighted by molar-refractivity contribution is 7.89. The molecule has 3 aliphatic rings. The fourth-order valence-corrected chi connectivity index (χ4v) is 6.64. The number of alkyl halides is 3. The Morgan fingerprint density at radius 1 is 1.17 bits per heavy atom. The molecular formula is C20H26F3N3O3S. The second-order valence-corrected chi connectivity index (χ2v) is 10.5. The maximum atomic E-state index is 13.0. The lowest BCUT2D eigenvalue weighted by atomic mass is 9.98.